The van der Waals surface area contributed by atoms with Gasteiger partial charge in [-0.2, -0.15) is 0 Å². The number of fused-ring (bicyclic) bond motifs is 1. The van der Waals surface area contributed by atoms with Gasteiger partial charge >= 0.3 is 5.97 Å². The van der Waals surface area contributed by atoms with Gasteiger partial charge in [0.1, 0.15) is 11.3 Å². The summed E-state index contributed by atoms with van der Waals surface area (Å²) in [7, 11) is 0. The van der Waals surface area contributed by atoms with Gasteiger partial charge in [0.2, 0.25) is 0 Å². The van der Waals surface area contributed by atoms with Crippen LogP contribution in [0.4, 0.5) is 0 Å². The number of aliphatic carboxylic acids is 1. The van der Waals surface area contributed by atoms with Crippen molar-refractivity contribution in [2.75, 3.05) is 6.61 Å². The van der Waals surface area contributed by atoms with Crippen LogP contribution < -0.4 is 4.74 Å². The Morgan fingerprint density at radius 3 is 2.75 bits per heavy atom. The zero-order valence-corrected chi connectivity index (χ0v) is 11.1. The number of pyridine rings is 1. The first-order chi connectivity index (χ1) is 9.63. The molecule has 0 amide bonds. The SMILES string of the molecule is CCOc1ccc(C(=O)CCC(=O)O)c2cccnc12. The zero-order chi connectivity index (χ0) is 14.5. The summed E-state index contributed by atoms with van der Waals surface area (Å²) in [4.78, 5) is 26.9. The van der Waals surface area contributed by atoms with Gasteiger partial charge in [0.15, 0.2) is 5.78 Å². The van der Waals surface area contributed by atoms with Crippen LogP contribution in [-0.2, 0) is 4.79 Å². The van der Waals surface area contributed by atoms with E-state index >= 15 is 0 Å². The average molecular weight is 273 g/mol. The van der Waals surface area contributed by atoms with E-state index in [-0.39, 0.29) is 18.6 Å². The van der Waals surface area contributed by atoms with Gasteiger partial charge in [0.25, 0.3) is 0 Å². The second kappa shape index (κ2) is 6.14. The first kappa shape index (κ1) is 14.0. The minimum Gasteiger partial charge on any atom is -0.492 e. The minimum absolute atomic E-state index is 0.0205. The van der Waals surface area contributed by atoms with Crippen LogP contribution in [-0.4, -0.2) is 28.4 Å². The molecule has 1 aromatic heterocycles. The normalized spacial score (nSPS) is 10.4. The molecule has 0 fully saturated rings. The summed E-state index contributed by atoms with van der Waals surface area (Å²) in [5.41, 5.74) is 1.10. The molecular formula is C15H15NO4. The lowest BCUT2D eigenvalue weighted by Crippen LogP contribution is -2.05. The second-order valence-electron chi connectivity index (χ2n) is 4.26. The van der Waals surface area contributed by atoms with Crippen LogP contribution in [0.1, 0.15) is 30.1 Å². The molecule has 5 heteroatoms. The van der Waals surface area contributed by atoms with E-state index in [1.165, 1.54) is 0 Å². The molecule has 0 saturated heterocycles. The van der Waals surface area contributed by atoms with Crippen molar-refractivity contribution in [1.82, 2.24) is 4.98 Å². The van der Waals surface area contributed by atoms with Crippen molar-refractivity contribution in [2.24, 2.45) is 0 Å². The number of carboxylic acid groups (broad SMARTS) is 1. The molecule has 0 spiro atoms. The van der Waals surface area contributed by atoms with Crippen LogP contribution in [0, 0.1) is 0 Å². The second-order valence-corrected chi connectivity index (χ2v) is 4.26. The van der Waals surface area contributed by atoms with Crippen LogP contribution in [0.3, 0.4) is 0 Å². The monoisotopic (exact) mass is 273 g/mol. The lowest BCUT2D eigenvalue weighted by atomic mass is 10.0. The van der Waals surface area contributed by atoms with Crippen molar-refractivity contribution in [3.63, 3.8) is 0 Å². The fourth-order valence-electron chi connectivity index (χ4n) is 2.02. The first-order valence-corrected chi connectivity index (χ1v) is 6.39. The van der Waals surface area contributed by atoms with E-state index in [0.29, 0.717) is 28.8 Å². The van der Waals surface area contributed by atoms with E-state index in [4.69, 9.17) is 9.84 Å². The molecule has 0 aliphatic rings. The van der Waals surface area contributed by atoms with Crippen molar-refractivity contribution >= 4 is 22.7 Å². The summed E-state index contributed by atoms with van der Waals surface area (Å²) >= 11 is 0. The number of Topliss-reactive ketones (excluding diaryl/α,β-unsaturated/α-hetero) is 1. The molecule has 2 aromatic rings. The maximum atomic E-state index is 12.1. The van der Waals surface area contributed by atoms with E-state index in [9.17, 15) is 9.59 Å². The van der Waals surface area contributed by atoms with Gasteiger partial charge in [-0.3, -0.25) is 14.6 Å². The highest BCUT2D eigenvalue weighted by atomic mass is 16.5. The Balaban J connectivity index is 2.42. The standard InChI is InChI=1S/C15H15NO4/c1-2-20-13-7-5-10(12(17)6-8-14(18)19)11-4-3-9-16-15(11)13/h3-5,7,9H,2,6,8H2,1H3,(H,18,19). The first-order valence-electron chi connectivity index (χ1n) is 6.39. The van der Waals surface area contributed by atoms with Crippen LogP contribution in [0.15, 0.2) is 30.5 Å². The van der Waals surface area contributed by atoms with E-state index in [1.807, 2.05) is 6.92 Å². The number of ketones is 1. The topological polar surface area (TPSA) is 76.5 Å². The van der Waals surface area contributed by atoms with Crippen molar-refractivity contribution in [1.29, 1.82) is 0 Å². The van der Waals surface area contributed by atoms with E-state index in [0.717, 1.165) is 0 Å². The fourth-order valence-corrected chi connectivity index (χ4v) is 2.02. The molecule has 0 bridgehead atoms. The maximum absolute atomic E-state index is 12.1. The summed E-state index contributed by atoms with van der Waals surface area (Å²) in [5, 5.41) is 9.34. The number of ether oxygens (including phenoxy) is 1. The Labute approximate surface area is 116 Å². The number of rotatable bonds is 6. The number of hydrogen-bond acceptors (Lipinski definition) is 4. The maximum Gasteiger partial charge on any atom is 0.303 e. The molecule has 0 unspecified atom stereocenters. The van der Waals surface area contributed by atoms with Crippen molar-refractivity contribution in [2.45, 2.75) is 19.8 Å². The molecule has 1 N–H and O–H groups in total. The Hall–Kier alpha value is -2.43. The lowest BCUT2D eigenvalue weighted by Gasteiger charge is -2.09. The van der Waals surface area contributed by atoms with Gasteiger partial charge in [-0.15, -0.1) is 0 Å². The summed E-state index contributed by atoms with van der Waals surface area (Å²) in [6.45, 7) is 2.39. The number of carbonyl (C=O) groups is 2. The summed E-state index contributed by atoms with van der Waals surface area (Å²) in [5.74, 6) is -0.557. The molecule has 2 rings (SSSR count). The number of carbonyl (C=O) groups excluding carboxylic acids is 1. The molecule has 104 valence electrons. The van der Waals surface area contributed by atoms with Crippen LogP contribution in [0.2, 0.25) is 0 Å². The van der Waals surface area contributed by atoms with Crippen LogP contribution in [0.5, 0.6) is 5.75 Å². The number of nitrogens with zero attached hydrogens (tertiary/aromatic N) is 1. The zero-order valence-electron chi connectivity index (χ0n) is 11.1. The van der Waals surface area contributed by atoms with Gasteiger partial charge in [0.05, 0.1) is 13.0 Å². The Morgan fingerprint density at radius 1 is 1.25 bits per heavy atom. The van der Waals surface area contributed by atoms with Crippen molar-refractivity contribution < 1.29 is 19.4 Å². The largest absolute Gasteiger partial charge is 0.492 e. The summed E-state index contributed by atoms with van der Waals surface area (Å²) < 4.78 is 5.48. The van der Waals surface area contributed by atoms with Crippen molar-refractivity contribution in [3.8, 4) is 5.75 Å². The fraction of sp³-hybridized carbons (Fsp3) is 0.267. The third-order valence-corrected chi connectivity index (χ3v) is 2.90. The number of benzene rings is 1. The third-order valence-electron chi connectivity index (χ3n) is 2.90. The molecule has 0 atom stereocenters. The smallest absolute Gasteiger partial charge is 0.303 e. The van der Waals surface area contributed by atoms with Gasteiger partial charge in [-0.25, -0.2) is 0 Å². The number of aromatic nitrogens is 1. The third kappa shape index (κ3) is 2.93. The van der Waals surface area contributed by atoms with Gasteiger partial charge in [-0.1, -0.05) is 6.07 Å². The average Bonchev–Trinajstić information content (AvgIpc) is 2.45. The molecule has 0 radical (unpaired) electrons. The van der Waals surface area contributed by atoms with Crippen LogP contribution >= 0.6 is 0 Å². The summed E-state index contributed by atoms with van der Waals surface area (Å²) in [6, 6.07) is 6.90. The molecule has 1 aromatic carbocycles. The van der Waals surface area contributed by atoms with Crippen molar-refractivity contribution in [3.05, 3.63) is 36.0 Å². The van der Waals surface area contributed by atoms with E-state index in [1.54, 1.807) is 30.5 Å². The highest BCUT2D eigenvalue weighted by molar-refractivity contribution is 6.09. The number of carboxylic acids is 1. The van der Waals surface area contributed by atoms with Gasteiger partial charge < -0.3 is 9.84 Å². The molecular weight excluding hydrogens is 258 g/mol. The highest BCUT2D eigenvalue weighted by Gasteiger charge is 2.14. The molecule has 5 nitrogen and oxygen atoms in total. The quantitative estimate of drug-likeness (QED) is 0.819. The van der Waals surface area contributed by atoms with Crippen LogP contribution in [0.25, 0.3) is 10.9 Å². The molecule has 0 aliphatic heterocycles. The Bertz CT molecular complexity index is 651. The van der Waals surface area contributed by atoms with E-state index < -0.39 is 5.97 Å². The highest BCUT2D eigenvalue weighted by Crippen LogP contribution is 2.27. The minimum atomic E-state index is -0.980. The predicted octanol–water partition coefficient (Wildman–Crippen LogP) is 2.68. The number of hydrogen-bond donors (Lipinski definition) is 1. The lowest BCUT2D eigenvalue weighted by molar-refractivity contribution is -0.136. The van der Waals surface area contributed by atoms with Gasteiger partial charge in [-0.05, 0) is 25.1 Å². The molecule has 1 heterocycles. The van der Waals surface area contributed by atoms with Gasteiger partial charge in [0, 0.05) is 23.6 Å². The molecule has 0 aliphatic carbocycles. The van der Waals surface area contributed by atoms with E-state index in [2.05, 4.69) is 4.98 Å². The Kier molecular flexibility index (Phi) is 4.30. The molecule has 20 heavy (non-hydrogen) atoms. The predicted molar refractivity (Wildman–Crippen MR) is 74.1 cm³/mol. The Morgan fingerprint density at radius 2 is 2.05 bits per heavy atom. The molecule has 0 saturated carbocycles. The summed E-state index contributed by atoms with van der Waals surface area (Å²) in [6.07, 6.45) is 1.44.